The molecule has 3 unspecified atom stereocenters. The third kappa shape index (κ3) is 7.50. The summed E-state index contributed by atoms with van der Waals surface area (Å²) in [6.45, 7) is 10.9. The SMILES string of the molecule is CC1[C@@H](C)C1(NC(=O)N[C@H](C(=O)N1CC[C@H](C)[C@H]1C(=O)NC(CC1CC1)C(=O)C(N)=O)C(C)(C)C)C(=O)OCc1ccc(F)cc1. The van der Waals surface area contributed by atoms with Gasteiger partial charge < -0.3 is 31.3 Å². The number of likely N-dealkylation sites (tertiary alicyclic amines) is 1. The summed E-state index contributed by atoms with van der Waals surface area (Å²) >= 11 is 0. The van der Waals surface area contributed by atoms with E-state index in [1.54, 1.807) is 20.8 Å². The molecule has 0 bridgehead atoms. The Hall–Kier alpha value is -4.03. The number of rotatable bonds is 12. The second-order valence-corrected chi connectivity index (χ2v) is 14.3. The van der Waals surface area contributed by atoms with Crippen molar-refractivity contribution in [3.05, 3.63) is 35.6 Å². The lowest BCUT2D eigenvalue weighted by Crippen LogP contribution is -2.62. The number of carbonyl (C=O) groups is 6. The quantitative estimate of drug-likeness (QED) is 0.199. The number of nitrogens with zero attached hydrogens (tertiary/aromatic N) is 1. The van der Waals surface area contributed by atoms with Crippen molar-refractivity contribution < 1.29 is 37.9 Å². The zero-order valence-corrected chi connectivity index (χ0v) is 27.4. The van der Waals surface area contributed by atoms with E-state index in [1.807, 2.05) is 20.8 Å². The van der Waals surface area contributed by atoms with Gasteiger partial charge in [-0.05, 0) is 59.6 Å². The molecule has 0 spiro atoms. The molecular weight excluding hydrogens is 597 g/mol. The fourth-order valence-corrected chi connectivity index (χ4v) is 6.39. The van der Waals surface area contributed by atoms with Crippen LogP contribution < -0.4 is 21.7 Å². The van der Waals surface area contributed by atoms with E-state index in [9.17, 15) is 33.2 Å². The molecule has 0 radical (unpaired) electrons. The minimum absolute atomic E-state index is 0.101. The Kier molecular flexibility index (Phi) is 10.1. The molecule has 3 fully saturated rings. The average Bonchev–Trinajstić information content (AvgIpc) is 3.85. The Morgan fingerprint density at radius 1 is 1.00 bits per heavy atom. The second kappa shape index (κ2) is 13.4. The van der Waals surface area contributed by atoms with Crippen LogP contribution in [0, 0.1) is 34.9 Å². The van der Waals surface area contributed by atoms with E-state index < -0.39 is 70.4 Å². The molecule has 1 saturated heterocycles. The average molecular weight is 644 g/mol. The Labute approximate surface area is 268 Å². The minimum atomic E-state index is -1.32. The van der Waals surface area contributed by atoms with Gasteiger partial charge in [-0.3, -0.25) is 19.2 Å². The van der Waals surface area contributed by atoms with Gasteiger partial charge in [0.25, 0.3) is 5.91 Å². The van der Waals surface area contributed by atoms with Gasteiger partial charge in [-0.2, -0.15) is 0 Å². The molecule has 252 valence electrons. The third-order valence-corrected chi connectivity index (χ3v) is 9.80. The van der Waals surface area contributed by atoms with Crippen molar-refractivity contribution in [3.63, 3.8) is 0 Å². The molecule has 1 heterocycles. The van der Waals surface area contributed by atoms with Crippen LogP contribution in [-0.2, 0) is 35.3 Å². The molecule has 2 saturated carbocycles. The molecule has 4 rings (SSSR count). The summed E-state index contributed by atoms with van der Waals surface area (Å²) in [6, 6.07) is 1.71. The maximum absolute atomic E-state index is 14.1. The first-order valence-corrected chi connectivity index (χ1v) is 15.9. The fourth-order valence-electron chi connectivity index (χ4n) is 6.39. The highest BCUT2D eigenvalue weighted by Gasteiger charge is 2.67. The molecule has 5 N–H and O–H groups in total. The number of ether oxygens (including phenoxy) is 1. The summed E-state index contributed by atoms with van der Waals surface area (Å²) in [5.41, 5.74) is 3.71. The molecule has 0 aromatic heterocycles. The number of carbonyl (C=O) groups excluding carboxylic acids is 6. The van der Waals surface area contributed by atoms with Gasteiger partial charge in [0.1, 0.15) is 30.0 Å². The van der Waals surface area contributed by atoms with Crippen molar-refractivity contribution in [1.29, 1.82) is 0 Å². The number of urea groups is 1. The van der Waals surface area contributed by atoms with E-state index in [4.69, 9.17) is 10.5 Å². The predicted molar refractivity (Wildman–Crippen MR) is 165 cm³/mol. The van der Waals surface area contributed by atoms with Gasteiger partial charge in [0, 0.05) is 6.54 Å². The molecule has 5 amide bonds. The molecule has 1 aromatic rings. The van der Waals surface area contributed by atoms with Gasteiger partial charge in [0.15, 0.2) is 0 Å². The van der Waals surface area contributed by atoms with E-state index in [1.165, 1.54) is 29.2 Å². The minimum Gasteiger partial charge on any atom is -0.459 e. The van der Waals surface area contributed by atoms with Crippen molar-refractivity contribution in [2.45, 2.75) is 97.5 Å². The summed E-state index contributed by atoms with van der Waals surface area (Å²) in [6.07, 6.45) is 2.62. The van der Waals surface area contributed by atoms with E-state index in [2.05, 4.69) is 16.0 Å². The highest BCUT2D eigenvalue weighted by molar-refractivity contribution is 6.37. The third-order valence-electron chi connectivity index (χ3n) is 9.80. The summed E-state index contributed by atoms with van der Waals surface area (Å²) < 4.78 is 18.8. The van der Waals surface area contributed by atoms with Crippen molar-refractivity contribution in [3.8, 4) is 0 Å². The number of benzene rings is 1. The molecule has 3 aliphatic rings. The van der Waals surface area contributed by atoms with Gasteiger partial charge >= 0.3 is 12.0 Å². The monoisotopic (exact) mass is 643 g/mol. The van der Waals surface area contributed by atoms with Gasteiger partial charge in [0.05, 0.1) is 6.04 Å². The van der Waals surface area contributed by atoms with Crippen molar-refractivity contribution in [2.75, 3.05) is 6.54 Å². The summed E-state index contributed by atoms with van der Waals surface area (Å²) in [7, 11) is 0. The normalized spacial score (nSPS) is 26.8. The van der Waals surface area contributed by atoms with E-state index >= 15 is 0 Å². The molecular formula is C33H46FN5O7. The lowest BCUT2D eigenvalue weighted by atomic mass is 9.85. The first kappa shape index (κ1) is 34.8. The van der Waals surface area contributed by atoms with Crippen LogP contribution in [0.1, 0.15) is 72.8 Å². The highest BCUT2D eigenvalue weighted by atomic mass is 19.1. The predicted octanol–water partition coefficient (Wildman–Crippen LogP) is 2.18. The molecule has 1 aliphatic heterocycles. The largest absolute Gasteiger partial charge is 0.459 e. The molecule has 13 heteroatoms. The molecule has 46 heavy (non-hydrogen) atoms. The van der Waals surface area contributed by atoms with Crippen molar-refractivity contribution in [1.82, 2.24) is 20.9 Å². The number of Topliss-reactive ketones (excluding diaryl/α,β-unsaturated/α-hetero) is 1. The van der Waals surface area contributed by atoms with Crippen molar-refractivity contribution in [2.24, 2.45) is 34.8 Å². The number of hydrogen-bond acceptors (Lipinski definition) is 7. The Morgan fingerprint density at radius 3 is 2.13 bits per heavy atom. The zero-order chi connectivity index (χ0) is 34.1. The van der Waals surface area contributed by atoms with Gasteiger partial charge in [-0.15, -0.1) is 0 Å². The number of esters is 1. The van der Waals surface area contributed by atoms with Gasteiger partial charge in [0.2, 0.25) is 17.6 Å². The van der Waals surface area contributed by atoms with Crippen LogP contribution in [-0.4, -0.2) is 70.6 Å². The molecule has 1 aromatic carbocycles. The van der Waals surface area contributed by atoms with Crippen LogP contribution in [0.2, 0.25) is 0 Å². The van der Waals surface area contributed by atoms with E-state index in [0.717, 1.165) is 12.8 Å². The first-order valence-electron chi connectivity index (χ1n) is 15.9. The summed E-state index contributed by atoms with van der Waals surface area (Å²) in [5, 5.41) is 8.19. The van der Waals surface area contributed by atoms with Crippen LogP contribution in [0.15, 0.2) is 24.3 Å². The topological polar surface area (TPSA) is 177 Å². The number of ketones is 1. The first-order chi connectivity index (χ1) is 21.5. The smallest absolute Gasteiger partial charge is 0.332 e. The second-order valence-electron chi connectivity index (χ2n) is 14.3. The maximum atomic E-state index is 14.1. The number of hydrogen-bond donors (Lipinski definition) is 4. The standard InChI is InChI=1S/C33H46FN5O7/c1-17-13-14-39(24(17)28(42)36-23(15-20-7-8-20)25(40)27(35)41)29(43)26(32(4,5)6)37-31(45)38-33(18(2)19(33)3)30(44)46-16-21-9-11-22(34)12-10-21/h9-12,17-20,23-24,26H,7-8,13-16H2,1-6H3,(H2,35,41)(H,36,42)(H2,37,38,45)/t17-,18+,19?,23?,24-,26+,33?/m0/s1. The van der Waals surface area contributed by atoms with Gasteiger partial charge in [-0.25, -0.2) is 14.0 Å². The lowest BCUT2D eigenvalue weighted by molar-refractivity contribution is -0.149. The van der Waals surface area contributed by atoms with Gasteiger partial charge in [-0.1, -0.05) is 66.5 Å². The molecule has 7 atom stereocenters. The van der Waals surface area contributed by atoms with E-state index in [-0.39, 0.29) is 36.8 Å². The van der Waals surface area contributed by atoms with Crippen LogP contribution in [0.4, 0.5) is 9.18 Å². The van der Waals surface area contributed by atoms with Crippen LogP contribution >= 0.6 is 0 Å². The van der Waals surface area contributed by atoms with Crippen LogP contribution in [0.25, 0.3) is 0 Å². The number of amides is 5. The Bertz CT molecular complexity index is 1370. The highest BCUT2D eigenvalue weighted by Crippen LogP contribution is 2.51. The summed E-state index contributed by atoms with van der Waals surface area (Å²) in [5.74, 6) is -4.62. The number of nitrogens with one attached hydrogen (secondary N) is 3. The molecule has 12 nitrogen and oxygen atoms in total. The maximum Gasteiger partial charge on any atom is 0.332 e. The van der Waals surface area contributed by atoms with Crippen LogP contribution in [0.3, 0.4) is 0 Å². The number of primary amides is 1. The number of nitrogens with two attached hydrogens (primary N) is 1. The fraction of sp³-hybridized carbons (Fsp3) is 0.636. The van der Waals surface area contributed by atoms with Crippen LogP contribution in [0.5, 0.6) is 0 Å². The van der Waals surface area contributed by atoms with E-state index in [0.29, 0.717) is 18.4 Å². The van der Waals surface area contributed by atoms with Crippen molar-refractivity contribution >= 4 is 35.5 Å². The summed E-state index contributed by atoms with van der Waals surface area (Å²) in [4.78, 5) is 79.9. The molecule has 2 aliphatic carbocycles. The Balaban J connectivity index is 1.46. The zero-order valence-electron chi connectivity index (χ0n) is 27.4. The Morgan fingerprint density at radius 2 is 1.61 bits per heavy atom. The number of halogens is 1. The lowest BCUT2D eigenvalue weighted by Gasteiger charge is -2.36.